The molecule has 0 bridgehead atoms. The Morgan fingerprint density at radius 3 is 2.23 bits per heavy atom. The molecule has 13 heavy (non-hydrogen) atoms. The molecule has 0 aromatic heterocycles. The minimum Gasteiger partial charge on any atom is -0.392 e. The highest BCUT2D eigenvalue weighted by Crippen LogP contribution is 2.12. The van der Waals surface area contributed by atoms with E-state index in [-0.39, 0.29) is 5.25 Å². The van der Waals surface area contributed by atoms with Gasteiger partial charge in [0.15, 0.2) is 0 Å². The van der Waals surface area contributed by atoms with Crippen molar-refractivity contribution < 1.29 is 9.32 Å². The van der Waals surface area contributed by atoms with Gasteiger partial charge in [0.25, 0.3) is 0 Å². The van der Waals surface area contributed by atoms with Gasteiger partial charge in [-0.2, -0.15) is 0 Å². The first-order valence-electron chi connectivity index (χ1n) is 4.26. The molecule has 3 heteroatoms. The molecule has 0 aliphatic heterocycles. The second-order valence-electron chi connectivity index (χ2n) is 3.06. The first-order valence-corrected chi connectivity index (χ1v) is 5.48. The number of benzene rings is 1. The Bertz CT molecular complexity index is 282. The number of hydrogen-bond donors (Lipinski definition) is 1. The fourth-order valence-corrected chi connectivity index (χ4v) is 2.16. The standard InChI is InChI=1S/C10H14O2S/c1-8(11)9(2)13(12)10-6-4-3-5-7-10/h3-9,11H,1-2H3. The van der Waals surface area contributed by atoms with Crippen LogP contribution in [0.25, 0.3) is 0 Å². The van der Waals surface area contributed by atoms with Gasteiger partial charge in [-0.15, -0.1) is 0 Å². The van der Waals surface area contributed by atoms with E-state index in [4.69, 9.17) is 0 Å². The van der Waals surface area contributed by atoms with Crippen molar-refractivity contribution in [2.24, 2.45) is 0 Å². The normalized spacial score (nSPS) is 17.8. The highest BCUT2D eigenvalue weighted by atomic mass is 32.2. The molecular formula is C10H14O2S. The predicted octanol–water partition coefficient (Wildman–Crippen LogP) is 1.56. The lowest BCUT2D eigenvalue weighted by molar-refractivity contribution is 0.194. The molecule has 0 saturated heterocycles. The zero-order valence-electron chi connectivity index (χ0n) is 7.81. The summed E-state index contributed by atoms with van der Waals surface area (Å²) in [7, 11) is -1.11. The van der Waals surface area contributed by atoms with E-state index in [1.165, 1.54) is 0 Å². The topological polar surface area (TPSA) is 37.3 Å². The van der Waals surface area contributed by atoms with Gasteiger partial charge in [-0.1, -0.05) is 18.2 Å². The van der Waals surface area contributed by atoms with Crippen molar-refractivity contribution in [3.05, 3.63) is 30.3 Å². The molecule has 1 aromatic rings. The maximum atomic E-state index is 11.7. The summed E-state index contributed by atoms with van der Waals surface area (Å²) in [6.45, 7) is 3.44. The molecule has 1 N–H and O–H groups in total. The second kappa shape index (κ2) is 4.53. The van der Waals surface area contributed by atoms with E-state index in [0.717, 1.165) is 4.90 Å². The zero-order chi connectivity index (χ0) is 9.84. The summed E-state index contributed by atoms with van der Waals surface area (Å²) in [4.78, 5) is 0.774. The lowest BCUT2D eigenvalue weighted by Gasteiger charge is -2.13. The Balaban J connectivity index is 2.80. The van der Waals surface area contributed by atoms with Crippen LogP contribution in [0, 0.1) is 0 Å². The smallest absolute Gasteiger partial charge is 0.0656 e. The SMILES string of the molecule is CC(O)C(C)S(=O)c1ccccc1. The molecule has 0 fully saturated rings. The Labute approximate surface area is 81.1 Å². The quantitative estimate of drug-likeness (QED) is 0.800. The maximum absolute atomic E-state index is 11.7. The van der Waals surface area contributed by atoms with Crippen molar-refractivity contribution in [2.75, 3.05) is 0 Å². The average Bonchev–Trinajstić information content (AvgIpc) is 2.17. The van der Waals surface area contributed by atoms with Crippen molar-refractivity contribution in [1.29, 1.82) is 0 Å². The van der Waals surface area contributed by atoms with Crippen LogP contribution in [0.15, 0.2) is 35.2 Å². The first-order chi connectivity index (χ1) is 6.13. The van der Waals surface area contributed by atoms with Crippen LogP contribution < -0.4 is 0 Å². The maximum Gasteiger partial charge on any atom is 0.0656 e. The Kier molecular flexibility index (Phi) is 3.63. The van der Waals surface area contributed by atoms with Crippen LogP contribution in [0.5, 0.6) is 0 Å². The summed E-state index contributed by atoms with van der Waals surface area (Å²) in [5, 5.41) is 9.04. The van der Waals surface area contributed by atoms with Crippen LogP contribution >= 0.6 is 0 Å². The van der Waals surface area contributed by atoms with Crippen molar-refractivity contribution >= 4 is 10.8 Å². The van der Waals surface area contributed by atoms with Crippen molar-refractivity contribution in [2.45, 2.75) is 30.1 Å². The van der Waals surface area contributed by atoms with Crippen LogP contribution in [-0.2, 0) is 10.8 Å². The fraction of sp³-hybridized carbons (Fsp3) is 0.400. The summed E-state index contributed by atoms with van der Waals surface area (Å²) >= 11 is 0. The van der Waals surface area contributed by atoms with E-state index >= 15 is 0 Å². The van der Waals surface area contributed by atoms with Gasteiger partial charge in [0, 0.05) is 4.90 Å². The number of aliphatic hydroxyl groups excluding tert-OH is 1. The predicted molar refractivity (Wildman–Crippen MR) is 54.0 cm³/mol. The molecule has 0 spiro atoms. The highest BCUT2D eigenvalue weighted by molar-refractivity contribution is 7.85. The third kappa shape index (κ3) is 2.64. The molecule has 0 aliphatic rings. The third-order valence-electron chi connectivity index (χ3n) is 1.99. The van der Waals surface area contributed by atoms with Gasteiger partial charge in [-0.3, -0.25) is 4.21 Å². The van der Waals surface area contributed by atoms with Gasteiger partial charge in [-0.25, -0.2) is 0 Å². The number of aliphatic hydroxyl groups is 1. The molecule has 72 valence electrons. The van der Waals surface area contributed by atoms with E-state index in [1.54, 1.807) is 13.8 Å². The van der Waals surface area contributed by atoms with Gasteiger partial charge in [-0.05, 0) is 26.0 Å². The van der Waals surface area contributed by atoms with Crippen LogP contribution in [-0.4, -0.2) is 20.7 Å². The van der Waals surface area contributed by atoms with Crippen LogP contribution in [0.1, 0.15) is 13.8 Å². The van der Waals surface area contributed by atoms with Crippen LogP contribution in [0.4, 0.5) is 0 Å². The van der Waals surface area contributed by atoms with E-state index < -0.39 is 16.9 Å². The second-order valence-corrected chi connectivity index (χ2v) is 4.87. The van der Waals surface area contributed by atoms with Crippen molar-refractivity contribution in [1.82, 2.24) is 0 Å². The Morgan fingerprint density at radius 2 is 1.77 bits per heavy atom. The largest absolute Gasteiger partial charge is 0.392 e. The summed E-state index contributed by atoms with van der Waals surface area (Å²) in [5.41, 5.74) is 0. The van der Waals surface area contributed by atoms with E-state index in [2.05, 4.69) is 0 Å². The molecular weight excluding hydrogens is 184 g/mol. The molecule has 0 heterocycles. The monoisotopic (exact) mass is 198 g/mol. The fourth-order valence-electron chi connectivity index (χ4n) is 0.948. The van der Waals surface area contributed by atoms with Gasteiger partial charge < -0.3 is 5.11 Å². The van der Waals surface area contributed by atoms with Crippen LogP contribution in [0.2, 0.25) is 0 Å². The van der Waals surface area contributed by atoms with E-state index in [1.807, 2.05) is 30.3 Å². The molecule has 0 radical (unpaired) electrons. The van der Waals surface area contributed by atoms with Crippen molar-refractivity contribution in [3.63, 3.8) is 0 Å². The van der Waals surface area contributed by atoms with Crippen LogP contribution in [0.3, 0.4) is 0 Å². The Hall–Kier alpha value is -0.670. The molecule has 0 amide bonds. The molecule has 2 nitrogen and oxygen atoms in total. The van der Waals surface area contributed by atoms with Gasteiger partial charge >= 0.3 is 0 Å². The van der Waals surface area contributed by atoms with E-state index in [0.29, 0.717) is 0 Å². The number of rotatable bonds is 3. The molecule has 3 atom stereocenters. The van der Waals surface area contributed by atoms with Gasteiger partial charge in [0.1, 0.15) is 0 Å². The molecule has 1 rings (SSSR count). The molecule has 3 unspecified atom stereocenters. The summed E-state index contributed by atoms with van der Waals surface area (Å²) in [6.07, 6.45) is -0.541. The summed E-state index contributed by atoms with van der Waals surface area (Å²) in [6, 6.07) is 9.21. The molecule has 1 aromatic carbocycles. The highest BCUT2D eigenvalue weighted by Gasteiger charge is 2.17. The molecule has 0 aliphatic carbocycles. The third-order valence-corrected chi connectivity index (χ3v) is 3.80. The zero-order valence-corrected chi connectivity index (χ0v) is 8.62. The first kappa shape index (κ1) is 10.4. The van der Waals surface area contributed by atoms with Gasteiger partial charge in [0.05, 0.1) is 22.2 Å². The number of hydrogen-bond acceptors (Lipinski definition) is 2. The van der Waals surface area contributed by atoms with E-state index in [9.17, 15) is 9.32 Å². The lowest BCUT2D eigenvalue weighted by Crippen LogP contribution is -2.24. The minimum absolute atomic E-state index is 0.220. The lowest BCUT2D eigenvalue weighted by atomic mass is 10.3. The van der Waals surface area contributed by atoms with Crippen molar-refractivity contribution in [3.8, 4) is 0 Å². The summed E-state index contributed by atoms with van der Waals surface area (Å²) in [5.74, 6) is 0. The molecule has 0 saturated carbocycles. The minimum atomic E-state index is -1.11. The van der Waals surface area contributed by atoms with Gasteiger partial charge in [0.2, 0.25) is 0 Å². The summed E-state index contributed by atoms with van der Waals surface area (Å²) < 4.78 is 11.7. The average molecular weight is 198 g/mol. The Morgan fingerprint density at radius 1 is 1.23 bits per heavy atom.